The molecular formula is C17H27ClN2O. The van der Waals surface area contributed by atoms with Gasteiger partial charge in [-0.1, -0.05) is 37.4 Å². The normalized spacial score (nSPS) is 24.1. The minimum absolute atomic E-state index is 0.0965. The van der Waals surface area contributed by atoms with Crippen molar-refractivity contribution in [3.05, 3.63) is 28.8 Å². The van der Waals surface area contributed by atoms with Crippen LogP contribution in [0, 0.1) is 5.92 Å². The van der Waals surface area contributed by atoms with Crippen molar-refractivity contribution < 1.29 is 4.74 Å². The maximum Gasteiger partial charge on any atom is 0.125 e. The van der Waals surface area contributed by atoms with Gasteiger partial charge in [0.25, 0.3) is 0 Å². The summed E-state index contributed by atoms with van der Waals surface area (Å²) in [5, 5.41) is 0.736. The zero-order chi connectivity index (χ0) is 15.4. The van der Waals surface area contributed by atoms with Gasteiger partial charge >= 0.3 is 0 Å². The van der Waals surface area contributed by atoms with E-state index in [1.807, 2.05) is 18.2 Å². The lowest BCUT2D eigenvalue weighted by molar-refractivity contribution is 0.0980. The van der Waals surface area contributed by atoms with Crippen molar-refractivity contribution in [3.63, 3.8) is 0 Å². The zero-order valence-electron chi connectivity index (χ0n) is 13.3. The van der Waals surface area contributed by atoms with Crippen LogP contribution in [-0.2, 0) is 0 Å². The van der Waals surface area contributed by atoms with Gasteiger partial charge in [-0.2, -0.15) is 0 Å². The molecule has 1 aromatic rings. The molecule has 1 saturated carbocycles. The summed E-state index contributed by atoms with van der Waals surface area (Å²) >= 11 is 6.44. The van der Waals surface area contributed by atoms with E-state index < -0.39 is 0 Å². The van der Waals surface area contributed by atoms with Gasteiger partial charge in [0.1, 0.15) is 5.75 Å². The molecule has 3 unspecified atom stereocenters. The van der Waals surface area contributed by atoms with Gasteiger partial charge in [-0.05, 0) is 37.9 Å². The Bertz CT molecular complexity index is 466. The van der Waals surface area contributed by atoms with Gasteiger partial charge in [-0.3, -0.25) is 4.90 Å². The first-order valence-electron chi connectivity index (χ1n) is 7.84. The number of hydrogen-bond donors (Lipinski definition) is 1. The van der Waals surface area contributed by atoms with E-state index in [4.69, 9.17) is 22.1 Å². The van der Waals surface area contributed by atoms with Gasteiger partial charge in [0, 0.05) is 23.2 Å². The minimum Gasteiger partial charge on any atom is -0.496 e. The molecule has 0 amide bonds. The number of ether oxygens (including phenoxy) is 1. The molecule has 118 valence electrons. The van der Waals surface area contributed by atoms with Crippen molar-refractivity contribution in [2.75, 3.05) is 20.7 Å². The summed E-state index contributed by atoms with van der Waals surface area (Å²) in [4.78, 5) is 2.41. The molecule has 2 rings (SSSR count). The third-order valence-corrected chi connectivity index (χ3v) is 5.20. The molecule has 3 atom stereocenters. The largest absolute Gasteiger partial charge is 0.496 e. The molecule has 0 bridgehead atoms. The lowest BCUT2D eigenvalue weighted by Gasteiger charge is -2.41. The molecule has 1 fully saturated rings. The van der Waals surface area contributed by atoms with Gasteiger partial charge in [0.2, 0.25) is 0 Å². The Balaban J connectivity index is 2.30. The Morgan fingerprint density at radius 3 is 2.71 bits per heavy atom. The maximum atomic E-state index is 6.44. The van der Waals surface area contributed by atoms with E-state index in [0.29, 0.717) is 18.5 Å². The summed E-state index contributed by atoms with van der Waals surface area (Å²) < 4.78 is 5.51. The third-order valence-electron chi connectivity index (χ3n) is 4.87. The fraction of sp³-hybridized carbons (Fsp3) is 0.647. The molecule has 2 N–H and O–H groups in total. The molecule has 0 heterocycles. The summed E-state index contributed by atoms with van der Waals surface area (Å²) in [6.07, 6.45) is 5.18. The second kappa shape index (κ2) is 7.48. The Morgan fingerprint density at radius 1 is 1.38 bits per heavy atom. The number of rotatable bonds is 5. The van der Waals surface area contributed by atoms with Crippen molar-refractivity contribution >= 4 is 11.6 Å². The maximum absolute atomic E-state index is 6.44. The standard InChI is InChI=1S/C17H27ClN2O/c1-12-7-4-5-9-14(12)20(2)15(11-19)17-13(18)8-6-10-16(17)21-3/h6,8,10,12,14-15H,4-5,7,9,11,19H2,1-3H3. The lowest BCUT2D eigenvalue weighted by atomic mass is 9.84. The van der Waals surface area contributed by atoms with Crippen molar-refractivity contribution in [2.24, 2.45) is 11.7 Å². The van der Waals surface area contributed by atoms with Crippen molar-refractivity contribution in [3.8, 4) is 5.75 Å². The number of halogens is 1. The van der Waals surface area contributed by atoms with Crippen LogP contribution in [0.25, 0.3) is 0 Å². The van der Waals surface area contributed by atoms with Crippen LogP contribution in [0.4, 0.5) is 0 Å². The van der Waals surface area contributed by atoms with E-state index in [1.54, 1.807) is 7.11 Å². The molecule has 1 aromatic carbocycles. The van der Waals surface area contributed by atoms with Crippen LogP contribution in [-0.4, -0.2) is 31.6 Å². The second-order valence-electron chi connectivity index (χ2n) is 6.10. The average Bonchev–Trinajstić information content (AvgIpc) is 2.49. The van der Waals surface area contributed by atoms with E-state index in [0.717, 1.165) is 16.3 Å². The molecule has 1 aliphatic rings. The Morgan fingerprint density at radius 2 is 2.10 bits per heavy atom. The summed E-state index contributed by atoms with van der Waals surface area (Å²) in [6, 6.07) is 6.46. The van der Waals surface area contributed by atoms with Gasteiger partial charge in [-0.15, -0.1) is 0 Å². The highest BCUT2D eigenvalue weighted by Crippen LogP contribution is 2.38. The van der Waals surface area contributed by atoms with Gasteiger partial charge in [0.05, 0.1) is 13.2 Å². The molecule has 0 saturated heterocycles. The Hall–Kier alpha value is -0.770. The molecule has 0 aliphatic heterocycles. The molecule has 21 heavy (non-hydrogen) atoms. The first-order chi connectivity index (χ1) is 10.1. The van der Waals surface area contributed by atoms with Gasteiger partial charge in [-0.25, -0.2) is 0 Å². The van der Waals surface area contributed by atoms with E-state index in [-0.39, 0.29) is 6.04 Å². The highest BCUT2D eigenvalue weighted by atomic mass is 35.5. The smallest absolute Gasteiger partial charge is 0.125 e. The zero-order valence-corrected chi connectivity index (χ0v) is 14.1. The van der Waals surface area contributed by atoms with Crippen LogP contribution in [0.2, 0.25) is 5.02 Å². The highest BCUT2D eigenvalue weighted by molar-refractivity contribution is 6.31. The number of nitrogens with zero attached hydrogens (tertiary/aromatic N) is 1. The van der Waals surface area contributed by atoms with Crippen molar-refractivity contribution in [1.29, 1.82) is 0 Å². The predicted molar refractivity (Wildman–Crippen MR) is 89.0 cm³/mol. The number of nitrogens with two attached hydrogens (primary N) is 1. The van der Waals surface area contributed by atoms with Gasteiger partial charge < -0.3 is 10.5 Å². The topological polar surface area (TPSA) is 38.5 Å². The molecule has 3 nitrogen and oxygen atoms in total. The summed E-state index contributed by atoms with van der Waals surface area (Å²) in [5.74, 6) is 1.53. The number of likely N-dealkylation sites (N-methyl/N-ethyl adjacent to an activating group) is 1. The van der Waals surface area contributed by atoms with Crippen LogP contribution in [0.3, 0.4) is 0 Å². The molecule has 1 aliphatic carbocycles. The molecule has 0 aromatic heterocycles. The van der Waals surface area contributed by atoms with Crippen LogP contribution in [0.1, 0.15) is 44.2 Å². The fourth-order valence-corrected chi connectivity index (χ4v) is 3.93. The highest BCUT2D eigenvalue weighted by Gasteiger charge is 2.31. The van der Waals surface area contributed by atoms with Crippen LogP contribution < -0.4 is 10.5 Å². The molecule has 0 spiro atoms. The number of methoxy groups -OCH3 is 1. The number of hydrogen-bond acceptors (Lipinski definition) is 3. The van der Waals surface area contributed by atoms with Crippen molar-refractivity contribution in [1.82, 2.24) is 4.90 Å². The van der Waals surface area contributed by atoms with E-state index in [2.05, 4.69) is 18.9 Å². The molecular weight excluding hydrogens is 284 g/mol. The summed E-state index contributed by atoms with van der Waals surface area (Å²) in [5.41, 5.74) is 7.11. The fourth-order valence-electron chi connectivity index (χ4n) is 3.64. The molecule has 4 heteroatoms. The summed E-state index contributed by atoms with van der Waals surface area (Å²) in [6.45, 7) is 2.89. The quantitative estimate of drug-likeness (QED) is 0.897. The monoisotopic (exact) mass is 310 g/mol. The Labute approximate surface area is 133 Å². The average molecular weight is 311 g/mol. The first kappa shape index (κ1) is 16.6. The first-order valence-corrected chi connectivity index (χ1v) is 8.22. The van der Waals surface area contributed by atoms with Crippen LogP contribution in [0.5, 0.6) is 5.75 Å². The van der Waals surface area contributed by atoms with Crippen molar-refractivity contribution in [2.45, 2.75) is 44.7 Å². The number of benzene rings is 1. The van der Waals surface area contributed by atoms with E-state index >= 15 is 0 Å². The second-order valence-corrected chi connectivity index (χ2v) is 6.51. The lowest BCUT2D eigenvalue weighted by Crippen LogP contribution is -2.43. The third kappa shape index (κ3) is 3.53. The SMILES string of the molecule is COc1cccc(Cl)c1C(CN)N(C)C1CCCCC1C. The minimum atomic E-state index is 0.0965. The summed E-state index contributed by atoms with van der Waals surface area (Å²) in [7, 11) is 3.86. The predicted octanol–water partition coefficient (Wildman–Crippen LogP) is 3.86. The van der Waals surface area contributed by atoms with Crippen LogP contribution in [0.15, 0.2) is 18.2 Å². The Kier molecular flexibility index (Phi) is 5.91. The van der Waals surface area contributed by atoms with Crippen LogP contribution >= 0.6 is 11.6 Å². The van der Waals surface area contributed by atoms with Gasteiger partial charge in [0.15, 0.2) is 0 Å². The van der Waals surface area contributed by atoms with E-state index in [1.165, 1.54) is 25.7 Å². The van der Waals surface area contributed by atoms with E-state index in [9.17, 15) is 0 Å². The molecule has 0 radical (unpaired) electrons.